The number of hydrogen-bond acceptors (Lipinski definition) is 5. The van der Waals surface area contributed by atoms with Crippen LogP contribution in [-0.2, 0) is 0 Å². The molecule has 0 bridgehead atoms. The first-order chi connectivity index (χ1) is 11.1. The van der Waals surface area contributed by atoms with Crippen molar-refractivity contribution in [3.8, 4) is 11.5 Å². The summed E-state index contributed by atoms with van der Waals surface area (Å²) < 4.78 is 25.4. The molecule has 0 spiro atoms. The van der Waals surface area contributed by atoms with Crippen LogP contribution in [0.15, 0.2) is 46.8 Å². The van der Waals surface area contributed by atoms with E-state index in [4.69, 9.17) is 9.47 Å². The van der Waals surface area contributed by atoms with E-state index in [9.17, 15) is 4.39 Å². The van der Waals surface area contributed by atoms with E-state index in [2.05, 4.69) is 15.2 Å². The average molecular weight is 314 g/mol. The average Bonchev–Trinajstić information content (AvgIpc) is 2.87. The SMILES string of the molecule is COc1ccc(N=Nc2c(C)nc3ccc(F)cn23)c(OC)c1. The molecule has 6 nitrogen and oxygen atoms in total. The molecule has 118 valence electrons. The summed E-state index contributed by atoms with van der Waals surface area (Å²) in [6, 6.07) is 8.16. The first-order valence-corrected chi connectivity index (χ1v) is 6.90. The number of halogens is 1. The minimum Gasteiger partial charge on any atom is -0.497 e. The second-order valence-corrected chi connectivity index (χ2v) is 4.83. The van der Waals surface area contributed by atoms with Gasteiger partial charge in [-0.15, -0.1) is 10.2 Å². The van der Waals surface area contributed by atoms with Crippen LogP contribution >= 0.6 is 0 Å². The number of nitrogens with zero attached hydrogens (tertiary/aromatic N) is 4. The van der Waals surface area contributed by atoms with Crippen LogP contribution in [0.3, 0.4) is 0 Å². The Morgan fingerprint density at radius 1 is 1.09 bits per heavy atom. The fourth-order valence-corrected chi connectivity index (χ4v) is 2.21. The largest absolute Gasteiger partial charge is 0.497 e. The number of ether oxygens (including phenoxy) is 2. The second-order valence-electron chi connectivity index (χ2n) is 4.83. The fourth-order valence-electron chi connectivity index (χ4n) is 2.21. The van der Waals surface area contributed by atoms with Crippen LogP contribution in [0, 0.1) is 12.7 Å². The molecule has 3 rings (SSSR count). The summed E-state index contributed by atoms with van der Waals surface area (Å²) in [5, 5.41) is 8.40. The van der Waals surface area contributed by atoms with Crippen LogP contribution in [0.4, 0.5) is 15.9 Å². The van der Waals surface area contributed by atoms with Gasteiger partial charge in [0.2, 0.25) is 0 Å². The van der Waals surface area contributed by atoms with Crippen molar-refractivity contribution in [1.29, 1.82) is 0 Å². The topological polar surface area (TPSA) is 60.5 Å². The molecule has 1 aromatic carbocycles. The van der Waals surface area contributed by atoms with Crippen molar-refractivity contribution >= 4 is 17.2 Å². The van der Waals surface area contributed by atoms with Crippen LogP contribution in [0.1, 0.15) is 5.69 Å². The molecule has 0 fully saturated rings. The van der Waals surface area contributed by atoms with Gasteiger partial charge in [-0.3, -0.25) is 4.40 Å². The predicted octanol–water partition coefficient (Wildman–Crippen LogP) is 4.21. The lowest BCUT2D eigenvalue weighted by Gasteiger charge is -2.06. The highest BCUT2D eigenvalue weighted by Crippen LogP contribution is 2.33. The Morgan fingerprint density at radius 2 is 1.91 bits per heavy atom. The third-order valence-electron chi connectivity index (χ3n) is 3.36. The van der Waals surface area contributed by atoms with Crippen molar-refractivity contribution in [1.82, 2.24) is 9.38 Å². The summed E-state index contributed by atoms with van der Waals surface area (Å²) >= 11 is 0. The molecule has 0 aliphatic carbocycles. The first-order valence-electron chi connectivity index (χ1n) is 6.90. The Labute approximate surface area is 132 Å². The summed E-state index contributed by atoms with van der Waals surface area (Å²) in [6.07, 6.45) is 1.33. The maximum atomic E-state index is 13.4. The van der Waals surface area contributed by atoms with Crippen LogP contribution < -0.4 is 9.47 Å². The van der Waals surface area contributed by atoms with E-state index in [-0.39, 0.29) is 5.82 Å². The maximum Gasteiger partial charge on any atom is 0.182 e. The first kappa shape index (κ1) is 15.0. The molecule has 23 heavy (non-hydrogen) atoms. The molecular weight excluding hydrogens is 299 g/mol. The van der Waals surface area contributed by atoms with Gasteiger partial charge in [-0.25, -0.2) is 9.37 Å². The molecule has 3 aromatic rings. The smallest absolute Gasteiger partial charge is 0.182 e. The molecule has 2 heterocycles. The van der Waals surface area contributed by atoms with Gasteiger partial charge in [0.05, 0.1) is 19.9 Å². The molecule has 0 aliphatic heterocycles. The van der Waals surface area contributed by atoms with Crippen molar-refractivity contribution < 1.29 is 13.9 Å². The number of pyridine rings is 1. The molecule has 0 N–H and O–H groups in total. The fraction of sp³-hybridized carbons (Fsp3) is 0.188. The quantitative estimate of drug-likeness (QED) is 0.678. The molecule has 0 amide bonds. The number of rotatable bonds is 4. The van der Waals surface area contributed by atoms with Crippen LogP contribution in [0.5, 0.6) is 11.5 Å². The van der Waals surface area contributed by atoms with Gasteiger partial charge in [0, 0.05) is 12.3 Å². The third-order valence-corrected chi connectivity index (χ3v) is 3.36. The van der Waals surface area contributed by atoms with E-state index >= 15 is 0 Å². The van der Waals surface area contributed by atoms with Crippen molar-refractivity contribution in [3.63, 3.8) is 0 Å². The normalized spacial score (nSPS) is 11.3. The molecule has 7 heteroatoms. The Hall–Kier alpha value is -2.96. The van der Waals surface area contributed by atoms with Gasteiger partial charge < -0.3 is 9.47 Å². The maximum absolute atomic E-state index is 13.4. The highest BCUT2D eigenvalue weighted by Gasteiger charge is 2.10. The molecule has 0 aliphatic rings. The number of imidazole rings is 1. The van der Waals surface area contributed by atoms with Crippen molar-refractivity contribution in [2.45, 2.75) is 6.92 Å². The molecule has 0 unspecified atom stereocenters. The highest BCUT2D eigenvalue weighted by molar-refractivity contribution is 5.56. The highest BCUT2D eigenvalue weighted by atomic mass is 19.1. The van der Waals surface area contributed by atoms with Crippen LogP contribution in [-0.4, -0.2) is 23.6 Å². The lowest BCUT2D eigenvalue weighted by Crippen LogP contribution is -1.87. The Balaban J connectivity index is 2.03. The Bertz CT molecular complexity index is 889. The molecule has 0 saturated heterocycles. The molecular formula is C16H15FN4O2. The van der Waals surface area contributed by atoms with Gasteiger partial charge in [0.25, 0.3) is 0 Å². The zero-order valence-corrected chi connectivity index (χ0v) is 12.9. The second kappa shape index (κ2) is 6.04. The number of fused-ring (bicyclic) bond motifs is 1. The summed E-state index contributed by atoms with van der Waals surface area (Å²) in [7, 11) is 3.12. The summed E-state index contributed by atoms with van der Waals surface area (Å²) in [5.74, 6) is 1.30. The zero-order chi connectivity index (χ0) is 16.4. The van der Waals surface area contributed by atoms with Crippen LogP contribution in [0.2, 0.25) is 0 Å². The number of benzene rings is 1. The Kier molecular flexibility index (Phi) is 3.92. The van der Waals surface area contributed by atoms with E-state index in [1.807, 2.05) is 0 Å². The van der Waals surface area contributed by atoms with E-state index < -0.39 is 0 Å². The van der Waals surface area contributed by atoms with E-state index in [0.29, 0.717) is 34.3 Å². The lowest BCUT2D eigenvalue weighted by atomic mass is 10.3. The molecule has 0 radical (unpaired) electrons. The minimum atomic E-state index is -0.367. The predicted molar refractivity (Wildman–Crippen MR) is 83.6 cm³/mol. The molecule has 0 saturated carbocycles. The van der Waals surface area contributed by atoms with Crippen molar-refractivity contribution in [3.05, 3.63) is 48.0 Å². The molecule has 2 aromatic heterocycles. The van der Waals surface area contributed by atoms with Crippen molar-refractivity contribution in [2.24, 2.45) is 10.2 Å². The van der Waals surface area contributed by atoms with E-state index in [0.717, 1.165) is 0 Å². The monoisotopic (exact) mass is 314 g/mol. The van der Waals surface area contributed by atoms with Gasteiger partial charge in [0.1, 0.15) is 28.7 Å². The summed E-state index contributed by atoms with van der Waals surface area (Å²) in [4.78, 5) is 4.33. The van der Waals surface area contributed by atoms with Gasteiger partial charge >= 0.3 is 0 Å². The number of aryl methyl sites for hydroxylation is 1. The van der Waals surface area contributed by atoms with Crippen molar-refractivity contribution in [2.75, 3.05) is 14.2 Å². The third kappa shape index (κ3) is 2.85. The van der Waals surface area contributed by atoms with Gasteiger partial charge in [0.15, 0.2) is 5.82 Å². The summed E-state index contributed by atoms with van der Waals surface area (Å²) in [6.45, 7) is 1.80. The van der Waals surface area contributed by atoms with Gasteiger partial charge in [-0.1, -0.05) is 0 Å². The minimum absolute atomic E-state index is 0.367. The Morgan fingerprint density at radius 3 is 2.65 bits per heavy atom. The number of aromatic nitrogens is 2. The molecule has 0 atom stereocenters. The van der Waals surface area contributed by atoms with Crippen LogP contribution in [0.25, 0.3) is 5.65 Å². The van der Waals surface area contributed by atoms with Gasteiger partial charge in [-0.05, 0) is 31.2 Å². The van der Waals surface area contributed by atoms with Gasteiger partial charge in [-0.2, -0.15) is 0 Å². The number of hydrogen-bond donors (Lipinski definition) is 0. The summed E-state index contributed by atoms with van der Waals surface area (Å²) in [5.41, 5.74) is 1.81. The number of azo groups is 1. The number of methoxy groups -OCH3 is 2. The lowest BCUT2D eigenvalue weighted by molar-refractivity contribution is 0.395. The van der Waals surface area contributed by atoms with E-state index in [1.54, 1.807) is 49.8 Å². The standard InChI is InChI=1S/C16H15FN4O2/c1-10-16(21-9-11(17)4-7-15(21)18-10)20-19-13-6-5-12(22-2)8-14(13)23-3/h4-9H,1-3H3. The van der Waals surface area contributed by atoms with E-state index in [1.165, 1.54) is 12.3 Å². The zero-order valence-electron chi connectivity index (χ0n) is 12.9.